The van der Waals surface area contributed by atoms with Crippen LogP contribution in [-0.2, 0) is 0 Å². The predicted octanol–water partition coefficient (Wildman–Crippen LogP) is 2.39. The second kappa shape index (κ2) is 6.04. The van der Waals surface area contributed by atoms with Crippen molar-refractivity contribution in [1.82, 2.24) is 0 Å². The predicted molar refractivity (Wildman–Crippen MR) is 70.5 cm³/mol. The highest BCUT2D eigenvalue weighted by atomic mass is 19.1. The van der Waals surface area contributed by atoms with Crippen LogP contribution in [0.3, 0.4) is 0 Å². The molecule has 0 saturated heterocycles. The molecule has 7 heteroatoms. The Morgan fingerprint density at radius 1 is 1.35 bits per heavy atom. The van der Waals surface area contributed by atoms with E-state index in [1.807, 2.05) is 0 Å². The summed E-state index contributed by atoms with van der Waals surface area (Å²) in [6.07, 6.45) is 3.24. The third-order valence-electron chi connectivity index (χ3n) is 3.46. The molecular formula is C13H17FN2O4. The summed E-state index contributed by atoms with van der Waals surface area (Å²) in [5, 5.41) is 11.0. The summed E-state index contributed by atoms with van der Waals surface area (Å²) in [7, 11) is 1.29. The summed E-state index contributed by atoms with van der Waals surface area (Å²) >= 11 is 0. The average molecular weight is 284 g/mol. The van der Waals surface area contributed by atoms with Gasteiger partial charge in [-0.2, -0.15) is 0 Å². The molecule has 6 nitrogen and oxygen atoms in total. The van der Waals surface area contributed by atoms with E-state index in [1.165, 1.54) is 13.2 Å². The maximum atomic E-state index is 13.5. The van der Waals surface area contributed by atoms with Crippen LogP contribution in [0.15, 0.2) is 12.1 Å². The highest BCUT2D eigenvalue weighted by Gasteiger charge is 2.28. The van der Waals surface area contributed by atoms with Crippen molar-refractivity contribution in [3.05, 3.63) is 28.1 Å². The molecule has 1 fully saturated rings. The van der Waals surface area contributed by atoms with Crippen LogP contribution in [0.2, 0.25) is 0 Å². The Hall–Kier alpha value is -1.89. The third-order valence-corrected chi connectivity index (χ3v) is 3.46. The number of methoxy groups -OCH3 is 1. The minimum atomic E-state index is -0.792. The lowest BCUT2D eigenvalue weighted by atomic mass is 9.93. The molecule has 0 aromatic heterocycles. The number of halogens is 1. The summed E-state index contributed by atoms with van der Waals surface area (Å²) in [5.74, 6) is -0.884. The van der Waals surface area contributed by atoms with Crippen LogP contribution in [-0.4, -0.2) is 24.2 Å². The van der Waals surface area contributed by atoms with E-state index in [-0.39, 0.29) is 23.6 Å². The van der Waals surface area contributed by atoms with E-state index in [2.05, 4.69) is 0 Å². The first-order chi connectivity index (χ1) is 9.52. The van der Waals surface area contributed by atoms with Crippen molar-refractivity contribution < 1.29 is 18.8 Å². The van der Waals surface area contributed by atoms with Crippen molar-refractivity contribution in [2.75, 3.05) is 7.11 Å². The fourth-order valence-corrected chi connectivity index (χ4v) is 2.35. The number of hydrogen-bond donors (Lipinski definition) is 1. The number of nitrogens with two attached hydrogens (primary N) is 1. The number of nitrogens with zero attached hydrogens (tertiary/aromatic N) is 1. The molecule has 20 heavy (non-hydrogen) atoms. The molecule has 110 valence electrons. The minimum Gasteiger partial charge on any atom is -0.494 e. The van der Waals surface area contributed by atoms with Gasteiger partial charge in [0, 0.05) is 12.1 Å². The molecular weight excluding hydrogens is 267 g/mol. The van der Waals surface area contributed by atoms with Gasteiger partial charge in [-0.05, 0) is 19.3 Å². The molecule has 0 aliphatic heterocycles. The molecule has 2 rings (SSSR count). The molecule has 1 aromatic carbocycles. The van der Waals surface area contributed by atoms with E-state index in [0.717, 1.165) is 31.7 Å². The van der Waals surface area contributed by atoms with Crippen molar-refractivity contribution in [1.29, 1.82) is 0 Å². The maximum Gasteiger partial charge on any atom is 0.314 e. The average Bonchev–Trinajstić information content (AvgIpc) is 2.42. The van der Waals surface area contributed by atoms with Crippen LogP contribution in [0.5, 0.6) is 11.5 Å². The number of rotatable bonds is 4. The summed E-state index contributed by atoms with van der Waals surface area (Å²) in [4.78, 5) is 10.3. The fourth-order valence-electron chi connectivity index (χ4n) is 2.35. The highest BCUT2D eigenvalue weighted by Crippen LogP contribution is 2.35. The number of hydrogen-bond acceptors (Lipinski definition) is 5. The zero-order valence-corrected chi connectivity index (χ0v) is 11.2. The summed E-state index contributed by atoms with van der Waals surface area (Å²) in [6.45, 7) is 0. The van der Waals surface area contributed by atoms with Crippen molar-refractivity contribution in [2.24, 2.45) is 5.73 Å². The van der Waals surface area contributed by atoms with Gasteiger partial charge in [-0.25, -0.2) is 4.39 Å². The topological polar surface area (TPSA) is 87.6 Å². The Morgan fingerprint density at radius 2 is 2.05 bits per heavy atom. The number of ether oxygens (including phenoxy) is 2. The van der Waals surface area contributed by atoms with Crippen LogP contribution < -0.4 is 15.2 Å². The zero-order valence-electron chi connectivity index (χ0n) is 11.2. The van der Waals surface area contributed by atoms with Gasteiger partial charge in [0.15, 0.2) is 11.6 Å². The Balaban J connectivity index is 2.30. The fraction of sp³-hybridized carbons (Fsp3) is 0.538. The standard InChI is InChI=1S/C13H17FN2O4/c1-19-12-7-13(10(16(17)18)6-8(12)14)20-11-5-3-2-4-9(11)15/h6-7,9,11H,2-5,15H2,1H3. The van der Waals surface area contributed by atoms with Gasteiger partial charge in [-0.1, -0.05) is 6.42 Å². The van der Waals surface area contributed by atoms with Gasteiger partial charge < -0.3 is 15.2 Å². The lowest BCUT2D eigenvalue weighted by Crippen LogP contribution is -2.41. The van der Waals surface area contributed by atoms with Gasteiger partial charge in [-0.15, -0.1) is 0 Å². The second-order valence-corrected chi connectivity index (χ2v) is 4.82. The molecule has 1 aliphatic rings. The van der Waals surface area contributed by atoms with Gasteiger partial charge in [0.1, 0.15) is 6.10 Å². The van der Waals surface area contributed by atoms with Crippen molar-refractivity contribution in [2.45, 2.75) is 37.8 Å². The third kappa shape index (κ3) is 2.98. The van der Waals surface area contributed by atoms with Gasteiger partial charge in [-0.3, -0.25) is 10.1 Å². The smallest absolute Gasteiger partial charge is 0.314 e. The first-order valence-corrected chi connectivity index (χ1v) is 6.47. The molecule has 0 radical (unpaired) electrons. The SMILES string of the molecule is COc1cc(OC2CCCCC2N)c([N+](=O)[O-])cc1F. The molecule has 0 amide bonds. The number of nitro groups is 1. The first kappa shape index (κ1) is 14.5. The van der Waals surface area contributed by atoms with Crippen molar-refractivity contribution in [3.8, 4) is 11.5 Å². The monoisotopic (exact) mass is 284 g/mol. The molecule has 2 N–H and O–H groups in total. The quantitative estimate of drug-likeness (QED) is 0.677. The Morgan fingerprint density at radius 3 is 2.65 bits per heavy atom. The second-order valence-electron chi connectivity index (χ2n) is 4.82. The zero-order chi connectivity index (χ0) is 14.7. The minimum absolute atomic E-state index is 0.00407. The molecule has 0 spiro atoms. The lowest BCUT2D eigenvalue weighted by molar-refractivity contribution is -0.386. The molecule has 2 unspecified atom stereocenters. The largest absolute Gasteiger partial charge is 0.494 e. The normalized spacial score (nSPS) is 22.4. The van der Waals surface area contributed by atoms with E-state index in [4.69, 9.17) is 15.2 Å². The van der Waals surface area contributed by atoms with Crippen LogP contribution >= 0.6 is 0 Å². The first-order valence-electron chi connectivity index (χ1n) is 6.47. The summed E-state index contributed by atoms with van der Waals surface area (Å²) in [5.41, 5.74) is 5.54. The molecule has 1 aliphatic carbocycles. The Labute approximate surface area is 115 Å². The summed E-state index contributed by atoms with van der Waals surface area (Å²) < 4.78 is 24.0. The van der Waals surface area contributed by atoms with Crippen molar-refractivity contribution in [3.63, 3.8) is 0 Å². The van der Waals surface area contributed by atoms with E-state index in [9.17, 15) is 14.5 Å². The van der Waals surface area contributed by atoms with E-state index >= 15 is 0 Å². The van der Waals surface area contributed by atoms with E-state index < -0.39 is 16.4 Å². The Bertz CT molecular complexity index is 509. The van der Waals surface area contributed by atoms with Gasteiger partial charge >= 0.3 is 5.69 Å². The lowest BCUT2D eigenvalue weighted by Gasteiger charge is -2.29. The number of nitro benzene ring substituents is 1. The van der Waals surface area contributed by atoms with Crippen LogP contribution in [0, 0.1) is 15.9 Å². The molecule has 0 heterocycles. The maximum absolute atomic E-state index is 13.5. The van der Waals surface area contributed by atoms with E-state index in [0.29, 0.717) is 0 Å². The Kier molecular flexibility index (Phi) is 4.39. The molecule has 0 bridgehead atoms. The van der Waals surface area contributed by atoms with Crippen LogP contribution in [0.4, 0.5) is 10.1 Å². The number of benzene rings is 1. The summed E-state index contributed by atoms with van der Waals surface area (Å²) in [6, 6.07) is 1.84. The van der Waals surface area contributed by atoms with E-state index in [1.54, 1.807) is 0 Å². The molecule has 2 atom stereocenters. The van der Waals surface area contributed by atoms with Gasteiger partial charge in [0.05, 0.1) is 18.1 Å². The highest BCUT2D eigenvalue weighted by molar-refractivity contribution is 5.51. The van der Waals surface area contributed by atoms with Crippen molar-refractivity contribution >= 4 is 5.69 Å². The molecule has 1 aromatic rings. The van der Waals surface area contributed by atoms with Gasteiger partial charge in [0.2, 0.25) is 5.75 Å². The van der Waals surface area contributed by atoms with Gasteiger partial charge in [0.25, 0.3) is 0 Å². The molecule has 1 saturated carbocycles. The van der Waals surface area contributed by atoms with Crippen LogP contribution in [0.25, 0.3) is 0 Å². The van der Waals surface area contributed by atoms with Crippen LogP contribution in [0.1, 0.15) is 25.7 Å².